The second-order valence-electron chi connectivity index (χ2n) is 10.6. The third kappa shape index (κ3) is 6.20. The lowest BCUT2D eigenvalue weighted by atomic mass is 9.87. The van der Waals surface area contributed by atoms with Crippen LogP contribution in [0.4, 0.5) is 16.2 Å². The summed E-state index contributed by atoms with van der Waals surface area (Å²) in [5.41, 5.74) is 3.93. The third-order valence-corrected chi connectivity index (χ3v) is 8.02. The van der Waals surface area contributed by atoms with Crippen LogP contribution < -0.4 is 19.5 Å². The molecule has 0 spiro atoms. The van der Waals surface area contributed by atoms with Gasteiger partial charge in [0.1, 0.15) is 5.75 Å². The number of fused-ring (bicyclic) bond motifs is 1. The Bertz CT molecular complexity index is 1810. The zero-order chi connectivity index (χ0) is 29.2. The van der Waals surface area contributed by atoms with Crippen LogP contribution in [0.2, 0.25) is 0 Å². The van der Waals surface area contributed by atoms with Gasteiger partial charge in [-0.2, -0.15) is 0 Å². The Morgan fingerprint density at radius 2 is 1.56 bits per heavy atom. The Hall–Kier alpha value is -4.76. The summed E-state index contributed by atoms with van der Waals surface area (Å²) in [5.74, 6) is 0.822. The van der Waals surface area contributed by atoms with Crippen molar-refractivity contribution in [1.29, 1.82) is 0 Å². The van der Waals surface area contributed by atoms with Crippen molar-refractivity contribution < 1.29 is 22.7 Å². The van der Waals surface area contributed by atoms with Crippen LogP contribution in [0.3, 0.4) is 0 Å². The number of amides is 1. The van der Waals surface area contributed by atoms with Crippen molar-refractivity contribution >= 4 is 38.4 Å². The van der Waals surface area contributed by atoms with Gasteiger partial charge in [0.15, 0.2) is 0 Å². The normalized spacial score (nSPS) is 11.7. The molecule has 3 N–H and O–H groups in total. The molecule has 8 nitrogen and oxygen atoms in total. The van der Waals surface area contributed by atoms with E-state index in [4.69, 9.17) is 9.47 Å². The standard InChI is InChI=1S/C32H31N3O5S/c1-32(2,3)22-13-16-26(17-14-22)41(37,38)35-24-15-18-28-27(20-24)29(21-9-6-5-7-10-21)30(34-28)40-31(36)33-23-11-8-12-25(19-23)39-4/h5-20,34-35H,1-4H3,(H,33,36). The number of ether oxygens (including phenoxy) is 2. The van der Waals surface area contributed by atoms with E-state index < -0.39 is 16.1 Å². The van der Waals surface area contributed by atoms with E-state index in [1.54, 1.807) is 61.7 Å². The number of carbonyl (C=O) groups is 1. The molecule has 5 aromatic rings. The predicted octanol–water partition coefficient (Wildman–Crippen LogP) is 7.55. The fraction of sp³-hybridized carbons (Fsp3) is 0.156. The summed E-state index contributed by atoms with van der Waals surface area (Å²) in [6.07, 6.45) is -0.693. The molecule has 0 aliphatic heterocycles. The second kappa shape index (κ2) is 11.0. The highest BCUT2D eigenvalue weighted by Gasteiger charge is 2.21. The second-order valence-corrected chi connectivity index (χ2v) is 12.3. The van der Waals surface area contributed by atoms with Gasteiger partial charge in [0.2, 0.25) is 5.88 Å². The lowest BCUT2D eigenvalue weighted by Gasteiger charge is -2.19. The monoisotopic (exact) mass is 569 g/mol. The highest BCUT2D eigenvalue weighted by Crippen LogP contribution is 2.39. The summed E-state index contributed by atoms with van der Waals surface area (Å²) >= 11 is 0. The van der Waals surface area contributed by atoms with Crippen molar-refractivity contribution in [2.75, 3.05) is 17.1 Å². The molecule has 0 unspecified atom stereocenters. The summed E-state index contributed by atoms with van der Waals surface area (Å²) in [6, 6.07) is 28.4. The van der Waals surface area contributed by atoms with Crippen molar-refractivity contribution in [2.24, 2.45) is 0 Å². The van der Waals surface area contributed by atoms with E-state index in [-0.39, 0.29) is 16.2 Å². The smallest absolute Gasteiger partial charge is 0.418 e. The quantitative estimate of drug-likeness (QED) is 0.187. The first-order chi connectivity index (χ1) is 19.5. The predicted molar refractivity (Wildman–Crippen MR) is 162 cm³/mol. The van der Waals surface area contributed by atoms with Crippen LogP contribution in [0, 0.1) is 0 Å². The minimum atomic E-state index is -3.84. The van der Waals surface area contributed by atoms with Crippen LogP contribution in [0.25, 0.3) is 22.0 Å². The molecule has 1 amide bonds. The molecule has 0 bridgehead atoms. The lowest BCUT2D eigenvalue weighted by molar-refractivity contribution is 0.214. The molecular weight excluding hydrogens is 538 g/mol. The van der Waals surface area contributed by atoms with E-state index in [0.29, 0.717) is 33.6 Å². The number of nitrogens with one attached hydrogen (secondary N) is 3. The fourth-order valence-corrected chi connectivity index (χ4v) is 5.53. The number of aromatic amines is 1. The summed E-state index contributed by atoms with van der Waals surface area (Å²) in [7, 11) is -2.29. The topological polar surface area (TPSA) is 110 Å². The van der Waals surface area contributed by atoms with Gasteiger partial charge in [-0.1, -0.05) is 69.3 Å². The molecule has 0 saturated heterocycles. The molecule has 210 valence electrons. The first kappa shape index (κ1) is 27.8. The Balaban J connectivity index is 1.47. The maximum absolute atomic E-state index is 13.2. The summed E-state index contributed by atoms with van der Waals surface area (Å²) in [4.78, 5) is 16.2. The highest BCUT2D eigenvalue weighted by atomic mass is 32.2. The van der Waals surface area contributed by atoms with E-state index in [2.05, 4.69) is 35.8 Å². The third-order valence-electron chi connectivity index (χ3n) is 6.62. The van der Waals surface area contributed by atoms with E-state index in [1.807, 2.05) is 42.5 Å². The van der Waals surface area contributed by atoms with Gasteiger partial charge >= 0.3 is 6.09 Å². The zero-order valence-corrected chi connectivity index (χ0v) is 24.0. The summed E-state index contributed by atoms with van der Waals surface area (Å²) < 4.78 is 40.1. The van der Waals surface area contributed by atoms with E-state index >= 15 is 0 Å². The molecule has 1 heterocycles. The average Bonchev–Trinajstić information content (AvgIpc) is 3.29. The average molecular weight is 570 g/mol. The van der Waals surface area contributed by atoms with Crippen molar-refractivity contribution in [3.63, 3.8) is 0 Å². The molecule has 0 aliphatic rings. The maximum Gasteiger partial charge on any atom is 0.418 e. The van der Waals surface area contributed by atoms with Crippen molar-refractivity contribution in [3.05, 3.63) is 103 Å². The Morgan fingerprint density at radius 3 is 2.24 bits per heavy atom. The summed E-state index contributed by atoms with van der Waals surface area (Å²) in [5, 5.41) is 3.39. The molecule has 0 radical (unpaired) electrons. The molecule has 5 rings (SSSR count). The highest BCUT2D eigenvalue weighted by molar-refractivity contribution is 7.92. The lowest BCUT2D eigenvalue weighted by Crippen LogP contribution is -2.17. The van der Waals surface area contributed by atoms with Gasteiger partial charge in [0, 0.05) is 28.3 Å². The molecule has 0 fully saturated rings. The number of benzene rings is 4. The number of hydrogen-bond donors (Lipinski definition) is 3. The molecule has 41 heavy (non-hydrogen) atoms. The van der Waals surface area contributed by atoms with Crippen molar-refractivity contribution in [2.45, 2.75) is 31.1 Å². The van der Waals surface area contributed by atoms with Gasteiger partial charge in [-0.3, -0.25) is 10.0 Å². The van der Waals surface area contributed by atoms with Crippen LogP contribution >= 0.6 is 0 Å². The largest absolute Gasteiger partial charge is 0.497 e. The zero-order valence-electron chi connectivity index (χ0n) is 23.2. The molecule has 9 heteroatoms. The number of sulfonamides is 1. The first-order valence-corrected chi connectivity index (χ1v) is 14.5. The van der Waals surface area contributed by atoms with Crippen molar-refractivity contribution in [3.8, 4) is 22.8 Å². The van der Waals surface area contributed by atoms with Gasteiger partial charge in [0.05, 0.1) is 17.6 Å². The Labute approximate surface area is 239 Å². The van der Waals surface area contributed by atoms with Gasteiger partial charge < -0.3 is 14.5 Å². The molecule has 0 atom stereocenters. The van der Waals surface area contributed by atoms with Gasteiger partial charge in [-0.25, -0.2) is 13.2 Å². The minimum absolute atomic E-state index is 0.0898. The van der Waals surface area contributed by atoms with Gasteiger partial charge in [-0.05, 0) is 59.0 Å². The maximum atomic E-state index is 13.2. The fourth-order valence-electron chi connectivity index (χ4n) is 4.48. The summed E-state index contributed by atoms with van der Waals surface area (Å²) in [6.45, 7) is 6.22. The van der Waals surface area contributed by atoms with Crippen LogP contribution in [-0.2, 0) is 15.4 Å². The van der Waals surface area contributed by atoms with Gasteiger partial charge in [-0.15, -0.1) is 0 Å². The number of hydrogen-bond acceptors (Lipinski definition) is 5. The van der Waals surface area contributed by atoms with E-state index in [9.17, 15) is 13.2 Å². The molecule has 1 aromatic heterocycles. The van der Waals surface area contributed by atoms with E-state index in [0.717, 1.165) is 11.1 Å². The number of aromatic nitrogens is 1. The number of methoxy groups -OCH3 is 1. The van der Waals surface area contributed by atoms with Crippen molar-refractivity contribution in [1.82, 2.24) is 4.98 Å². The van der Waals surface area contributed by atoms with E-state index in [1.165, 1.54) is 0 Å². The van der Waals surface area contributed by atoms with Gasteiger partial charge in [0.25, 0.3) is 10.0 Å². The number of H-pyrrole nitrogens is 1. The number of anilines is 2. The van der Waals surface area contributed by atoms with Crippen LogP contribution in [0.1, 0.15) is 26.3 Å². The molecule has 0 aliphatic carbocycles. The number of rotatable bonds is 7. The Kier molecular flexibility index (Phi) is 7.47. The number of carbonyl (C=O) groups excluding carboxylic acids is 1. The minimum Gasteiger partial charge on any atom is -0.497 e. The molecule has 4 aromatic carbocycles. The Morgan fingerprint density at radius 1 is 0.829 bits per heavy atom. The van der Waals surface area contributed by atoms with Crippen LogP contribution in [0.15, 0.2) is 102 Å². The van der Waals surface area contributed by atoms with Crippen LogP contribution in [0.5, 0.6) is 11.6 Å². The molecule has 0 saturated carbocycles. The first-order valence-electron chi connectivity index (χ1n) is 13.0. The van der Waals surface area contributed by atoms with Crippen LogP contribution in [-0.4, -0.2) is 26.6 Å². The molecular formula is C32H31N3O5S. The SMILES string of the molecule is COc1cccc(NC(=O)Oc2[nH]c3ccc(NS(=O)(=O)c4ccc(C(C)(C)C)cc4)cc3c2-c2ccccc2)c1.